The number of hydrogen-bond donors (Lipinski definition) is 2. The molecule has 2 N–H and O–H groups in total. The molecule has 5 heteroatoms. The van der Waals surface area contributed by atoms with E-state index in [0.29, 0.717) is 11.7 Å². The number of anilines is 2. The molecule has 1 heterocycles. The first-order valence-electron chi connectivity index (χ1n) is 8.35. The van der Waals surface area contributed by atoms with Gasteiger partial charge in [-0.15, -0.1) is 0 Å². The molecule has 0 aromatic heterocycles. The Balaban J connectivity index is 1.49. The van der Waals surface area contributed by atoms with E-state index >= 15 is 0 Å². The second-order valence-electron chi connectivity index (χ2n) is 6.03. The lowest BCUT2D eigenvalue weighted by Crippen LogP contribution is -2.29. The maximum Gasteiger partial charge on any atom is 0.171 e. The van der Waals surface area contributed by atoms with Crippen LogP contribution in [0.1, 0.15) is 24.8 Å². The van der Waals surface area contributed by atoms with E-state index in [9.17, 15) is 4.39 Å². The summed E-state index contributed by atoms with van der Waals surface area (Å²) in [5.41, 5.74) is 3.25. The molecule has 1 aliphatic heterocycles. The van der Waals surface area contributed by atoms with Crippen LogP contribution < -0.4 is 15.5 Å². The largest absolute Gasteiger partial charge is 0.372 e. The molecule has 0 spiro atoms. The zero-order valence-electron chi connectivity index (χ0n) is 13.6. The van der Waals surface area contributed by atoms with Crippen molar-refractivity contribution in [3.63, 3.8) is 0 Å². The molecule has 0 radical (unpaired) electrons. The summed E-state index contributed by atoms with van der Waals surface area (Å²) in [6.07, 6.45) is 3.91. The van der Waals surface area contributed by atoms with Crippen LogP contribution in [0.3, 0.4) is 0 Å². The number of nitrogens with zero attached hydrogens (tertiary/aromatic N) is 1. The summed E-state index contributed by atoms with van der Waals surface area (Å²) in [6, 6.07) is 14.8. The molecule has 1 saturated heterocycles. The van der Waals surface area contributed by atoms with Crippen LogP contribution in [0.15, 0.2) is 48.5 Å². The second-order valence-corrected chi connectivity index (χ2v) is 6.44. The molecule has 1 aliphatic rings. The number of thiocarbonyl (C=S) groups is 1. The van der Waals surface area contributed by atoms with E-state index in [4.69, 9.17) is 12.2 Å². The van der Waals surface area contributed by atoms with Gasteiger partial charge in [-0.2, -0.15) is 0 Å². The van der Waals surface area contributed by atoms with E-state index in [-0.39, 0.29) is 5.82 Å². The molecule has 24 heavy (non-hydrogen) atoms. The Hall–Kier alpha value is -2.14. The summed E-state index contributed by atoms with van der Waals surface area (Å²) in [4.78, 5) is 2.45. The second kappa shape index (κ2) is 8.11. The topological polar surface area (TPSA) is 27.3 Å². The Morgan fingerprint density at radius 2 is 1.62 bits per heavy atom. The normalized spacial score (nSPS) is 14.3. The van der Waals surface area contributed by atoms with E-state index in [1.807, 2.05) is 0 Å². The molecule has 0 aliphatic carbocycles. The zero-order valence-corrected chi connectivity index (χ0v) is 14.4. The number of halogens is 1. The molecule has 1 fully saturated rings. The smallest absolute Gasteiger partial charge is 0.171 e. The van der Waals surface area contributed by atoms with Gasteiger partial charge in [0.25, 0.3) is 0 Å². The third kappa shape index (κ3) is 4.68. The Morgan fingerprint density at radius 3 is 2.29 bits per heavy atom. The average Bonchev–Trinajstić information content (AvgIpc) is 2.63. The lowest BCUT2D eigenvalue weighted by Gasteiger charge is -2.28. The van der Waals surface area contributed by atoms with Gasteiger partial charge in [0, 0.05) is 31.0 Å². The Labute approximate surface area is 147 Å². The minimum Gasteiger partial charge on any atom is -0.372 e. The van der Waals surface area contributed by atoms with Crippen molar-refractivity contribution in [2.24, 2.45) is 0 Å². The SMILES string of the molecule is Fc1ccc(NC(=S)NCc2ccc(N3CCCCC3)cc2)cc1. The lowest BCUT2D eigenvalue weighted by atomic mass is 10.1. The van der Waals surface area contributed by atoms with Gasteiger partial charge in [0.1, 0.15) is 5.82 Å². The molecule has 0 bridgehead atoms. The van der Waals surface area contributed by atoms with E-state index in [1.54, 1.807) is 12.1 Å². The van der Waals surface area contributed by atoms with Crippen molar-refractivity contribution in [2.75, 3.05) is 23.3 Å². The van der Waals surface area contributed by atoms with Crippen LogP contribution in [-0.4, -0.2) is 18.2 Å². The summed E-state index contributed by atoms with van der Waals surface area (Å²) in [6.45, 7) is 2.97. The Morgan fingerprint density at radius 1 is 0.958 bits per heavy atom. The third-order valence-corrected chi connectivity index (χ3v) is 4.46. The molecule has 2 aromatic rings. The van der Waals surface area contributed by atoms with Crippen molar-refractivity contribution >= 4 is 28.7 Å². The molecule has 0 unspecified atom stereocenters. The highest BCUT2D eigenvalue weighted by atomic mass is 32.1. The standard InChI is InChI=1S/C19H22FN3S/c20-16-6-8-17(9-7-16)22-19(24)21-14-15-4-10-18(11-5-15)23-12-2-1-3-13-23/h4-11H,1-3,12-14H2,(H2,21,22,24). The first kappa shape index (κ1) is 16.7. The van der Waals surface area contributed by atoms with Crippen LogP contribution in [0, 0.1) is 5.82 Å². The highest BCUT2D eigenvalue weighted by molar-refractivity contribution is 7.80. The predicted molar refractivity (Wildman–Crippen MR) is 102 cm³/mol. The van der Waals surface area contributed by atoms with Crippen molar-refractivity contribution in [3.8, 4) is 0 Å². The minimum atomic E-state index is -0.256. The molecule has 0 atom stereocenters. The molecular formula is C19H22FN3S. The molecular weight excluding hydrogens is 321 g/mol. The van der Waals surface area contributed by atoms with Crippen molar-refractivity contribution in [1.82, 2.24) is 5.32 Å². The van der Waals surface area contributed by atoms with Gasteiger partial charge < -0.3 is 15.5 Å². The number of piperidine rings is 1. The fourth-order valence-corrected chi connectivity index (χ4v) is 3.06. The van der Waals surface area contributed by atoms with Gasteiger partial charge in [-0.05, 0) is 73.4 Å². The van der Waals surface area contributed by atoms with Gasteiger partial charge in [-0.25, -0.2) is 4.39 Å². The van der Waals surface area contributed by atoms with Crippen LogP contribution in [0.4, 0.5) is 15.8 Å². The first-order valence-corrected chi connectivity index (χ1v) is 8.76. The van der Waals surface area contributed by atoms with Gasteiger partial charge in [0.15, 0.2) is 5.11 Å². The molecule has 126 valence electrons. The summed E-state index contributed by atoms with van der Waals surface area (Å²) >= 11 is 5.27. The quantitative estimate of drug-likeness (QED) is 0.809. The van der Waals surface area contributed by atoms with Crippen molar-refractivity contribution in [2.45, 2.75) is 25.8 Å². The number of benzene rings is 2. The van der Waals surface area contributed by atoms with Gasteiger partial charge >= 0.3 is 0 Å². The van der Waals surface area contributed by atoms with Gasteiger partial charge in [-0.1, -0.05) is 12.1 Å². The van der Waals surface area contributed by atoms with Crippen LogP contribution >= 0.6 is 12.2 Å². The molecule has 3 nitrogen and oxygen atoms in total. The minimum absolute atomic E-state index is 0.256. The summed E-state index contributed by atoms with van der Waals surface area (Å²) in [5, 5.41) is 6.75. The van der Waals surface area contributed by atoms with Crippen LogP contribution in [0.2, 0.25) is 0 Å². The maximum atomic E-state index is 12.9. The Kier molecular flexibility index (Phi) is 5.64. The van der Waals surface area contributed by atoms with Crippen molar-refractivity contribution < 1.29 is 4.39 Å². The molecule has 3 rings (SSSR count). The van der Waals surface area contributed by atoms with Gasteiger partial charge in [-0.3, -0.25) is 0 Å². The third-order valence-electron chi connectivity index (χ3n) is 4.21. The van der Waals surface area contributed by atoms with Crippen molar-refractivity contribution in [3.05, 3.63) is 59.9 Å². The summed E-state index contributed by atoms with van der Waals surface area (Å²) in [7, 11) is 0. The van der Waals surface area contributed by atoms with E-state index < -0.39 is 0 Å². The highest BCUT2D eigenvalue weighted by Crippen LogP contribution is 2.20. The van der Waals surface area contributed by atoms with Gasteiger partial charge in [0.05, 0.1) is 0 Å². The van der Waals surface area contributed by atoms with E-state index in [1.165, 1.54) is 42.6 Å². The molecule has 2 aromatic carbocycles. The van der Waals surface area contributed by atoms with Crippen LogP contribution in [-0.2, 0) is 6.54 Å². The summed E-state index contributed by atoms with van der Waals surface area (Å²) < 4.78 is 12.9. The fraction of sp³-hybridized carbons (Fsp3) is 0.316. The zero-order chi connectivity index (χ0) is 16.8. The number of nitrogens with one attached hydrogen (secondary N) is 2. The maximum absolute atomic E-state index is 12.9. The average molecular weight is 343 g/mol. The van der Waals surface area contributed by atoms with E-state index in [0.717, 1.165) is 18.8 Å². The fourth-order valence-electron chi connectivity index (χ4n) is 2.87. The number of hydrogen-bond acceptors (Lipinski definition) is 2. The summed E-state index contributed by atoms with van der Waals surface area (Å²) in [5.74, 6) is -0.256. The Bertz CT molecular complexity index is 664. The predicted octanol–water partition coefficient (Wildman–Crippen LogP) is 4.30. The molecule has 0 saturated carbocycles. The van der Waals surface area contributed by atoms with Crippen molar-refractivity contribution in [1.29, 1.82) is 0 Å². The molecule has 0 amide bonds. The highest BCUT2D eigenvalue weighted by Gasteiger charge is 2.10. The lowest BCUT2D eigenvalue weighted by molar-refractivity contribution is 0.578. The van der Waals surface area contributed by atoms with Crippen LogP contribution in [0.25, 0.3) is 0 Å². The monoisotopic (exact) mass is 343 g/mol. The van der Waals surface area contributed by atoms with Crippen LogP contribution in [0.5, 0.6) is 0 Å². The van der Waals surface area contributed by atoms with Gasteiger partial charge in [0.2, 0.25) is 0 Å². The number of rotatable bonds is 4. The first-order chi connectivity index (χ1) is 11.7. The van der Waals surface area contributed by atoms with E-state index in [2.05, 4.69) is 39.8 Å².